The lowest BCUT2D eigenvalue weighted by molar-refractivity contribution is 0.0854. The highest BCUT2D eigenvalue weighted by Gasteiger charge is 2.62. The van der Waals surface area contributed by atoms with Gasteiger partial charge in [0.25, 0.3) is 8.32 Å². The minimum Gasteiger partial charge on any atom is -0.399 e. The first-order valence-corrected chi connectivity index (χ1v) is 23.1. The van der Waals surface area contributed by atoms with Gasteiger partial charge in [-0.3, -0.25) is 4.90 Å². The number of hydrogen-bond acceptors (Lipinski definition) is 3. The van der Waals surface area contributed by atoms with E-state index in [1.165, 1.54) is 21.9 Å². The van der Waals surface area contributed by atoms with Crippen molar-refractivity contribution in [2.24, 2.45) is 0 Å². The molecule has 1 aliphatic rings. The minimum atomic E-state index is -2.75. The highest BCUT2D eigenvalue weighted by molar-refractivity contribution is 7.19. The van der Waals surface area contributed by atoms with Crippen LogP contribution in [-0.2, 0) is 11.0 Å². The van der Waals surface area contributed by atoms with E-state index in [1.54, 1.807) is 5.19 Å². The molecule has 0 amide bonds. The van der Waals surface area contributed by atoms with Crippen molar-refractivity contribution in [1.82, 2.24) is 9.80 Å². The normalized spacial score (nSPS) is 22.2. The first kappa shape index (κ1) is 29.2. The Morgan fingerprint density at radius 2 is 1.29 bits per heavy atom. The SMILES string of the molecule is CN(C)Cc1cccc2c1[Si](c1ccccc1)(C([Si](C)(C)C)[Si](C)(C)C)OC(c1ccccc1)C2N(C)C. The lowest BCUT2D eigenvalue weighted by Crippen LogP contribution is -2.76. The Labute approximate surface area is 235 Å². The molecule has 0 radical (unpaired) electrons. The first-order valence-electron chi connectivity index (χ1n) is 14.0. The van der Waals surface area contributed by atoms with E-state index in [-0.39, 0.29) is 12.1 Å². The zero-order chi connectivity index (χ0) is 27.9. The predicted octanol–water partition coefficient (Wildman–Crippen LogP) is 6.31. The number of hydrogen-bond donors (Lipinski definition) is 0. The Bertz CT molecular complexity index is 1200. The van der Waals surface area contributed by atoms with Crippen molar-refractivity contribution in [2.45, 2.75) is 62.8 Å². The number of rotatable bonds is 8. The summed E-state index contributed by atoms with van der Waals surface area (Å²) in [7, 11) is 2.66. The minimum absolute atomic E-state index is 0.0182. The van der Waals surface area contributed by atoms with Gasteiger partial charge in [0.1, 0.15) is 0 Å². The Morgan fingerprint density at radius 1 is 0.737 bits per heavy atom. The van der Waals surface area contributed by atoms with Crippen LogP contribution in [0.1, 0.15) is 28.8 Å². The molecule has 0 aromatic heterocycles. The maximum absolute atomic E-state index is 8.03. The van der Waals surface area contributed by atoms with Crippen LogP contribution < -0.4 is 10.4 Å². The van der Waals surface area contributed by atoms with Gasteiger partial charge in [-0.1, -0.05) is 118 Å². The predicted molar refractivity (Wildman–Crippen MR) is 172 cm³/mol. The van der Waals surface area contributed by atoms with Gasteiger partial charge in [0.15, 0.2) is 0 Å². The van der Waals surface area contributed by atoms with E-state index in [9.17, 15) is 0 Å². The van der Waals surface area contributed by atoms with E-state index in [0.29, 0.717) is 4.79 Å². The van der Waals surface area contributed by atoms with Crippen LogP contribution in [0.3, 0.4) is 0 Å². The van der Waals surface area contributed by atoms with Crippen LogP contribution in [0.15, 0.2) is 78.9 Å². The molecule has 0 spiro atoms. The molecule has 0 saturated carbocycles. The maximum atomic E-state index is 8.03. The average molecular weight is 561 g/mol. The molecule has 6 heteroatoms. The Hall–Kier alpha value is -1.81. The smallest absolute Gasteiger partial charge is 0.255 e. The molecule has 0 N–H and O–H groups in total. The van der Waals surface area contributed by atoms with Crippen LogP contribution in [0.4, 0.5) is 0 Å². The summed E-state index contributed by atoms with van der Waals surface area (Å²) in [6.07, 6.45) is -0.0182. The molecule has 3 nitrogen and oxygen atoms in total. The van der Waals surface area contributed by atoms with Gasteiger partial charge in [0.05, 0.1) is 12.1 Å². The zero-order valence-electron chi connectivity index (χ0n) is 25.2. The molecule has 3 atom stereocenters. The molecule has 4 rings (SSSR count). The fourth-order valence-corrected chi connectivity index (χ4v) is 33.9. The van der Waals surface area contributed by atoms with Crippen molar-refractivity contribution in [1.29, 1.82) is 0 Å². The van der Waals surface area contributed by atoms with Crippen LogP contribution in [0.2, 0.25) is 44.1 Å². The Morgan fingerprint density at radius 3 is 1.79 bits per heavy atom. The maximum Gasteiger partial charge on any atom is 0.255 e. The molecule has 38 heavy (non-hydrogen) atoms. The lowest BCUT2D eigenvalue weighted by Gasteiger charge is -2.56. The van der Waals surface area contributed by atoms with Crippen LogP contribution in [0, 0.1) is 0 Å². The summed E-state index contributed by atoms with van der Waals surface area (Å²) < 4.78 is 8.03. The topological polar surface area (TPSA) is 15.7 Å². The van der Waals surface area contributed by atoms with Gasteiger partial charge >= 0.3 is 0 Å². The molecule has 3 unspecified atom stereocenters. The summed E-state index contributed by atoms with van der Waals surface area (Å²) in [4.78, 5) is 5.31. The van der Waals surface area contributed by atoms with E-state index in [2.05, 4.69) is 156 Å². The number of nitrogens with zero attached hydrogens (tertiary/aromatic N) is 2. The van der Waals surface area contributed by atoms with Gasteiger partial charge in [-0.15, -0.1) is 0 Å². The molecule has 0 bridgehead atoms. The summed E-state index contributed by atoms with van der Waals surface area (Å²) in [5, 5.41) is 3.00. The molecule has 204 valence electrons. The molecule has 3 aromatic carbocycles. The van der Waals surface area contributed by atoms with Crippen molar-refractivity contribution in [3.05, 3.63) is 95.6 Å². The average Bonchev–Trinajstić information content (AvgIpc) is 2.82. The van der Waals surface area contributed by atoms with E-state index < -0.39 is 24.5 Å². The zero-order valence-corrected chi connectivity index (χ0v) is 28.2. The van der Waals surface area contributed by atoms with Crippen molar-refractivity contribution < 1.29 is 4.43 Å². The third-order valence-electron chi connectivity index (χ3n) is 7.98. The summed E-state index contributed by atoms with van der Waals surface area (Å²) in [5.41, 5.74) is 4.21. The molecule has 0 aliphatic carbocycles. The molecule has 3 aromatic rings. The standard InChI is InChI=1S/C32H48N2OSi3/c1-33(2)24-26-20-17-23-28-29(34(3)4)30(25-18-13-11-14-19-25)35-38(31(26)28,27-21-15-12-16-22-27)32(36(5,6)7)37(8,9)10/h11-23,29-30,32H,24H2,1-10H3. The summed E-state index contributed by atoms with van der Waals surface area (Å²) >= 11 is 0. The van der Waals surface area contributed by atoms with Crippen molar-refractivity contribution in [3.63, 3.8) is 0 Å². The van der Waals surface area contributed by atoms with Gasteiger partial charge in [-0.05, 0) is 60.0 Å². The Kier molecular flexibility index (Phi) is 8.44. The Balaban J connectivity index is 2.21. The monoisotopic (exact) mass is 560 g/mol. The second-order valence-electron chi connectivity index (χ2n) is 13.7. The summed E-state index contributed by atoms with van der Waals surface area (Å²) in [6.45, 7) is 16.5. The van der Waals surface area contributed by atoms with Gasteiger partial charge in [0, 0.05) is 22.7 Å². The number of likely N-dealkylation sites (N-methyl/N-ethyl adjacent to an activating group) is 1. The number of fused-ring (bicyclic) bond motifs is 1. The fraction of sp³-hybridized carbons (Fsp3) is 0.438. The molecule has 1 heterocycles. The van der Waals surface area contributed by atoms with E-state index >= 15 is 0 Å². The third kappa shape index (κ3) is 5.44. The highest BCUT2D eigenvalue weighted by atomic mass is 28.5. The summed E-state index contributed by atoms with van der Waals surface area (Å²) in [6, 6.07) is 29.7. The lowest BCUT2D eigenvalue weighted by atomic mass is 9.93. The molecule has 1 aliphatic heterocycles. The number of benzene rings is 3. The van der Waals surface area contributed by atoms with Crippen LogP contribution >= 0.6 is 0 Å². The van der Waals surface area contributed by atoms with Gasteiger partial charge in [-0.25, -0.2) is 0 Å². The quantitative estimate of drug-likeness (QED) is 0.300. The van der Waals surface area contributed by atoms with Crippen LogP contribution in [-0.4, -0.2) is 62.5 Å². The van der Waals surface area contributed by atoms with Gasteiger partial charge in [-0.2, -0.15) is 0 Å². The van der Waals surface area contributed by atoms with Gasteiger partial charge in [0.2, 0.25) is 0 Å². The largest absolute Gasteiger partial charge is 0.399 e. The third-order valence-corrected chi connectivity index (χ3v) is 28.3. The van der Waals surface area contributed by atoms with Crippen LogP contribution in [0.25, 0.3) is 0 Å². The van der Waals surface area contributed by atoms with Crippen LogP contribution in [0.5, 0.6) is 0 Å². The van der Waals surface area contributed by atoms with E-state index in [4.69, 9.17) is 4.43 Å². The van der Waals surface area contributed by atoms with Crippen molar-refractivity contribution in [2.75, 3.05) is 28.2 Å². The first-order chi connectivity index (χ1) is 17.8. The molecular weight excluding hydrogens is 513 g/mol. The fourth-order valence-electron chi connectivity index (χ4n) is 7.52. The van der Waals surface area contributed by atoms with Crippen molar-refractivity contribution >= 4 is 34.8 Å². The molecule has 0 saturated heterocycles. The highest BCUT2D eigenvalue weighted by Crippen LogP contribution is 2.49. The molecule has 0 fully saturated rings. The van der Waals surface area contributed by atoms with Gasteiger partial charge < -0.3 is 9.33 Å². The van der Waals surface area contributed by atoms with Crippen molar-refractivity contribution in [3.8, 4) is 0 Å². The second-order valence-corrected chi connectivity index (χ2v) is 29.5. The second kappa shape index (κ2) is 11.0. The molecular formula is C32H48N2OSi3. The van der Waals surface area contributed by atoms with E-state index in [1.807, 2.05) is 0 Å². The summed E-state index contributed by atoms with van der Waals surface area (Å²) in [5.74, 6) is 0. The van der Waals surface area contributed by atoms with E-state index in [0.717, 1.165) is 6.54 Å².